The smallest absolute Gasteiger partial charge is 0.0357 e. The van der Waals surface area contributed by atoms with Crippen molar-refractivity contribution in [2.75, 3.05) is 0 Å². The molecule has 13 heavy (non-hydrogen) atoms. The minimum Gasteiger partial charge on any atom is -0.0628 e. The Morgan fingerprint density at radius 1 is 1.00 bits per heavy atom. The van der Waals surface area contributed by atoms with Crippen LogP contribution >= 0.6 is 0 Å². The van der Waals surface area contributed by atoms with Gasteiger partial charge in [0.25, 0.3) is 0 Å². The summed E-state index contributed by atoms with van der Waals surface area (Å²) in [4.78, 5) is 0. The molecule has 3 atom stereocenters. The van der Waals surface area contributed by atoms with E-state index in [2.05, 4.69) is 34.6 Å². The van der Waals surface area contributed by atoms with Crippen LogP contribution in [0.5, 0.6) is 0 Å². The highest BCUT2D eigenvalue weighted by molar-refractivity contribution is 4.90. The minimum absolute atomic E-state index is 0.879. The molecule has 0 radical (unpaired) electrons. The molecule has 3 unspecified atom stereocenters. The molecule has 0 aromatic carbocycles. The van der Waals surface area contributed by atoms with Gasteiger partial charge in [0.15, 0.2) is 0 Å². The third-order valence-corrected chi connectivity index (χ3v) is 3.91. The monoisotopic (exact) mass is 182 g/mol. The molecule has 1 aliphatic rings. The summed E-state index contributed by atoms with van der Waals surface area (Å²) < 4.78 is 0. The Morgan fingerprint density at radius 3 is 1.92 bits per heavy atom. The Morgan fingerprint density at radius 2 is 1.54 bits per heavy atom. The SMILES string of the molecule is CC(C)CC(C)CCC1C(C)C1C. The molecule has 0 heterocycles. The molecular weight excluding hydrogens is 156 g/mol. The maximum Gasteiger partial charge on any atom is -0.0357 e. The topological polar surface area (TPSA) is 0 Å². The highest BCUT2D eigenvalue weighted by Crippen LogP contribution is 2.48. The van der Waals surface area contributed by atoms with Crippen LogP contribution in [0.3, 0.4) is 0 Å². The van der Waals surface area contributed by atoms with Gasteiger partial charge >= 0.3 is 0 Å². The summed E-state index contributed by atoms with van der Waals surface area (Å²) in [6, 6.07) is 0. The molecule has 1 fully saturated rings. The van der Waals surface area contributed by atoms with Crippen molar-refractivity contribution in [2.24, 2.45) is 29.6 Å². The molecule has 1 aliphatic carbocycles. The van der Waals surface area contributed by atoms with Crippen molar-refractivity contribution < 1.29 is 0 Å². The quantitative estimate of drug-likeness (QED) is 0.593. The first-order chi connectivity index (χ1) is 6.02. The van der Waals surface area contributed by atoms with E-state index in [9.17, 15) is 0 Å². The van der Waals surface area contributed by atoms with Gasteiger partial charge in [0.05, 0.1) is 0 Å². The average Bonchev–Trinajstić information content (AvgIpc) is 2.55. The molecule has 0 aromatic rings. The van der Waals surface area contributed by atoms with Crippen LogP contribution in [0.1, 0.15) is 53.9 Å². The summed E-state index contributed by atoms with van der Waals surface area (Å²) in [5.74, 6) is 4.93. The second-order valence-electron chi connectivity index (χ2n) is 5.69. The molecule has 0 spiro atoms. The van der Waals surface area contributed by atoms with E-state index in [1.165, 1.54) is 19.3 Å². The van der Waals surface area contributed by atoms with Gasteiger partial charge in [-0.3, -0.25) is 0 Å². The summed E-state index contributed by atoms with van der Waals surface area (Å²) in [6.45, 7) is 11.9. The van der Waals surface area contributed by atoms with Crippen LogP contribution in [0.2, 0.25) is 0 Å². The van der Waals surface area contributed by atoms with E-state index in [1.807, 2.05) is 0 Å². The molecule has 0 N–H and O–H groups in total. The lowest BCUT2D eigenvalue weighted by atomic mass is 9.93. The molecular formula is C13H26. The summed E-state index contributed by atoms with van der Waals surface area (Å²) in [7, 11) is 0. The Bertz CT molecular complexity index is 140. The van der Waals surface area contributed by atoms with Crippen molar-refractivity contribution in [3.05, 3.63) is 0 Å². The van der Waals surface area contributed by atoms with E-state index in [-0.39, 0.29) is 0 Å². The van der Waals surface area contributed by atoms with Gasteiger partial charge < -0.3 is 0 Å². The van der Waals surface area contributed by atoms with Gasteiger partial charge in [-0.25, -0.2) is 0 Å². The molecule has 0 amide bonds. The highest BCUT2D eigenvalue weighted by atomic mass is 14.5. The van der Waals surface area contributed by atoms with Crippen LogP contribution in [-0.4, -0.2) is 0 Å². The Hall–Kier alpha value is 0. The first-order valence-corrected chi connectivity index (χ1v) is 6.02. The standard InChI is InChI=1S/C13H26/c1-9(2)8-10(3)6-7-13-11(4)12(13)5/h9-13H,6-8H2,1-5H3. The Kier molecular flexibility index (Phi) is 3.82. The van der Waals surface area contributed by atoms with Crippen molar-refractivity contribution in [3.63, 3.8) is 0 Å². The van der Waals surface area contributed by atoms with Gasteiger partial charge in [0, 0.05) is 0 Å². The van der Waals surface area contributed by atoms with E-state index < -0.39 is 0 Å². The first-order valence-electron chi connectivity index (χ1n) is 6.02. The fraction of sp³-hybridized carbons (Fsp3) is 1.00. The Balaban J connectivity index is 2.06. The van der Waals surface area contributed by atoms with Gasteiger partial charge in [-0.2, -0.15) is 0 Å². The zero-order chi connectivity index (χ0) is 10.0. The lowest BCUT2D eigenvalue weighted by molar-refractivity contribution is 0.391. The predicted molar refractivity (Wildman–Crippen MR) is 59.7 cm³/mol. The maximum atomic E-state index is 2.41. The fourth-order valence-corrected chi connectivity index (χ4v) is 2.69. The van der Waals surface area contributed by atoms with E-state index in [0.29, 0.717) is 0 Å². The van der Waals surface area contributed by atoms with E-state index in [1.54, 1.807) is 0 Å². The lowest BCUT2D eigenvalue weighted by Crippen LogP contribution is -2.00. The molecule has 0 heteroatoms. The molecule has 0 nitrogen and oxygen atoms in total. The van der Waals surface area contributed by atoms with Crippen molar-refractivity contribution in [3.8, 4) is 0 Å². The summed E-state index contributed by atoms with van der Waals surface area (Å²) in [5, 5.41) is 0. The van der Waals surface area contributed by atoms with Crippen molar-refractivity contribution in [1.29, 1.82) is 0 Å². The van der Waals surface area contributed by atoms with Gasteiger partial charge in [-0.05, 0) is 42.4 Å². The molecule has 1 saturated carbocycles. The van der Waals surface area contributed by atoms with Crippen LogP contribution in [0.25, 0.3) is 0 Å². The largest absolute Gasteiger partial charge is 0.0628 e. The van der Waals surface area contributed by atoms with Crippen molar-refractivity contribution >= 4 is 0 Å². The van der Waals surface area contributed by atoms with Crippen LogP contribution in [0.4, 0.5) is 0 Å². The lowest BCUT2D eigenvalue weighted by Gasteiger charge is -2.13. The Labute approximate surface area is 84.1 Å². The molecule has 78 valence electrons. The molecule has 1 rings (SSSR count). The maximum absolute atomic E-state index is 2.41. The van der Waals surface area contributed by atoms with Crippen LogP contribution < -0.4 is 0 Å². The molecule has 0 saturated heterocycles. The summed E-state index contributed by atoms with van der Waals surface area (Å²) >= 11 is 0. The molecule has 0 aliphatic heterocycles. The summed E-state index contributed by atoms with van der Waals surface area (Å²) in [6.07, 6.45) is 4.35. The van der Waals surface area contributed by atoms with Crippen LogP contribution in [0, 0.1) is 29.6 Å². The third kappa shape index (κ3) is 3.32. The molecule has 0 bridgehead atoms. The van der Waals surface area contributed by atoms with Crippen molar-refractivity contribution in [1.82, 2.24) is 0 Å². The van der Waals surface area contributed by atoms with Crippen molar-refractivity contribution in [2.45, 2.75) is 53.9 Å². The average molecular weight is 182 g/mol. The third-order valence-electron chi connectivity index (χ3n) is 3.91. The second-order valence-corrected chi connectivity index (χ2v) is 5.69. The zero-order valence-corrected chi connectivity index (χ0v) is 10.0. The van der Waals surface area contributed by atoms with Crippen LogP contribution in [-0.2, 0) is 0 Å². The second kappa shape index (κ2) is 4.48. The van der Waals surface area contributed by atoms with Gasteiger partial charge in [0.2, 0.25) is 0 Å². The van der Waals surface area contributed by atoms with E-state index in [4.69, 9.17) is 0 Å². The number of hydrogen-bond donors (Lipinski definition) is 0. The zero-order valence-electron chi connectivity index (χ0n) is 10.0. The predicted octanol–water partition coefficient (Wildman–Crippen LogP) is 4.35. The van der Waals surface area contributed by atoms with E-state index in [0.717, 1.165) is 29.6 Å². The van der Waals surface area contributed by atoms with Crippen LogP contribution in [0.15, 0.2) is 0 Å². The van der Waals surface area contributed by atoms with E-state index >= 15 is 0 Å². The minimum atomic E-state index is 0.879. The number of rotatable bonds is 5. The van der Waals surface area contributed by atoms with Gasteiger partial charge in [-0.1, -0.05) is 41.0 Å². The highest BCUT2D eigenvalue weighted by Gasteiger charge is 2.41. The molecule has 0 aromatic heterocycles. The summed E-state index contributed by atoms with van der Waals surface area (Å²) in [5.41, 5.74) is 0. The fourth-order valence-electron chi connectivity index (χ4n) is 2.69. The normalized spacial score (nSPS) is 35.1. The van der Waals surface area contributed by atoms with Gasteiger partial charge in [0.1, 0.15) is 0 Å². The van der Waals surface area contributed by atoms with Gasteiger partial charge in [-0.15, -0.1) is 0 Å². The number of hydrogen-bond acceptors (Lipinski definition) is 0. The first kappa shape index (κ1) is 11.1.